The highest BCUT2D eigenvalue weighted by atomic mass is 16.4. The lowest BCUT2D eigenvalue weighted by atomic mass is 9.95. The van der Waals surface area contributed by atoms with Crippen LogP contribution in [0, 0.1) is 10.3 Å². The predicted molar refractivity (Wildman–Crippen MR) is 70.1 cm³/mol. The Morgan fingerprint density at radius 2 is 1.89 bits per heavy atom. The standard InChI is InChI=1S/C13H14N2O3/c1-3-11(12(8(2)14)13(16)17)9-4-6-10(15-18)7-5-9/h4-7,14H,3H2,1-2H3,(H,16,17)/b12-11-,14-8?. The van der Waals surface area contributed by atoms with E-state index in [2.05, 4.69) is 5.18 Å². The molecular weight excluding hydrogens is 232 g/mol. The number of hydrogen-bond acceptors (Lipinski definition) is 4. The molecule has 0 saturated heterocycles. The predicted octanol–water partition coefficient (Wildman–Crippen LogP) is 3.37. The maximum atomic E-state index is 11.2. The van der Waals surface area contributed by atoms with E-state index in [1.54, 1.807) is 12.1 Å². The molecule has 5 nitrogen and oxygen atoms in total. The van der Waals surface area contributed by atoms with Crippen molar-refractivity contribution in [3.8, 4) is 0 Å². The molecule has 18 heavy (non-hydrogen) atoms. The van der Waals surface area contributed by atoms with E-state index in [9.17, 15) is 9.70 Å². The highest BCUT2D eigenvalue weighted by molar-refractivity contribution is 6.22. The van der Waals surface area contributed by atoms with Crippen LogP contribution < -0.4 is 0 Å². The molecule has 0 bridgehead atoms. The van der Waals surface area contributed by atoms with Crippen LogP contribution in [-0.2, 0) is 4.79 Å². The summed E-state index contributed by atoms with van der Waals surface area (Å²) in [5.74, 6) is -1.11. The normalized spacial score (nSPS) is 11.7. The lowest BCUT2D eigenvalue weighted by molar-refractivity contribution is -0.132. The third-order valence-electron chi connectivity index (χ3n) is 2.57. The van der Waals surface area contributed by atoms with E-state index in [4.69, 9.17) is 10.5 Å². The second-order valence-corrected chi connectivity index (χ2v) is 3.78. The van der Waals surface area contributed by atoms with Gasteiger partial charge in [0.25, 0.3) is 0 Å². The summed E-state index contributed by atoms with van der Waals surface area (Å²) in [6.45, 7) is 3.27. The molecule has 0 atom stereocenters. The van der Waals surface area contributed by atoms with E-state index < -0.39 is 5.97 Å². The molecule has 0 aliphatic heterocycles. The van der Waals surface area contributed by atoms with Gasteiger partial charge in [0.2, 0.25) is 0 Å². The number of rotatable bonds is 5. The molecule has 0 amide bonds. The van der Waals surface area contributed by atoms with Crippen LogP contribution in [0.3, 0.4) is 0 Å². The first kappa shape index (κ1) is 13.8. The van der Waals surface area contributed by atoms with Gasteiger partial charge in [0, 0.05) is 5.71 Å². The molecule has 0 heterocycles. The van der Waals surface area contributed by atoms with Crippen molar-refractivity contribution >= 4 is 22.9 Å². The van der Waals surface area contributed by atoms with Crippen molar-refractivity contribution in [2.75, 3.05) is 0 Å². The first-order valence-corrected chi connectivity index (χ1v) is 5.47. The second-order valence-electron chi connectivity index (χ2n) is 3.78. The molecule has 0 spiro atoms. The zero-order valence-corrected chi connectivity index (χ0v) is 10.2. The summed E-state index contributed by atoms with van der Waals surface area (Å²) in [5.41, 5.74) is 1.57. The number of carbonyl (C=O) groups is 1. The van der Waals surface area contributed by atoms with Gasteiger partial charge in [-0.2, -0.15) is 0 Å². The van der Waals surface area contributed by atoms with Crippen molar-refractivity contribution in [1.82, 2.24) is 0 Å². The van der Waals surface area contributed by atoms with Crippen LogP contribution in [0.2, 0.25) is 0 Å². The molecule has 0 saturated carbocycles. The number of carboxylic acids is 1. The van der Waals surface area contributed by atoms with Crippen molar-refractivity contribution in [2.45, 2.75) is 20.3 Å². The van der Waals surface area contributed by atoms with Gasteiger partial charge in [0.05, 0.1) is 5.57 Å². The topological polar surface area (TPSA) is 90.6 Å². The Balaban J connectivity index is 3.38. The number of nitrogens with one attached hydrogen (secondary N) is 1. The Labute approximate surface area is 105 Å². The molecule has 0 unspecified atom stereocenters. The Hall–Kier alpha value is -2.30. The van der Waals surface area contributed by atoms with Gasteiger partial charge in [-0.1, -0.05) is 19.1 Å². The van der Waals surface area contributed by atoms with Gasteiger partial charge in [-0.3, -0.25) is 0 Å². The minimum Gasteiger partial charge on any atom is -0.478 e. The Morgan fingerprint density at radius 1 is 1.33 bits per heavy atom. The van der Waals surface area contributed by atoms with E-state index in [1.165, 1.54) is 19.1 Å². The Morgan fingerprint density at radius 3 is 2.22 bits per heavy atom. The van der Waals surface area contributed by atoms with Gasteiger partial charge in [0.1, 0.15) is 5.69 Å². The number of aliphatic carboxylic acids is 1. The first-order valence-electron chi connectivity index (χ1n) is 5.47. The lowest BCUT2D eigenvalue weighted by Gasteiger charge is -2.10. The Bertz CT molecular complexity index is 500. The third kappa shape index (κ3) is 2.88. The van der Waals surface area contributed by atoms with Crippen molar-refractivity contribution in [3.63, 3.8) is 0 Å². The van der Waals surface area contributed by atoms with Gasteiger partial charge >= 0.3 is 5.97 Å². The van der Waals surface area contributed by atoms with Crippen LogP contribution in [0.4, 0.5) is 5.69 Å². The van der Waals surface area contributed by atoms with Gasteiger partial charge in [-0.25, -0.2) is 4.79 Å². The molecule has 5 heteroatoms. The fraction of sp³-hybridized carbons (Fsp3) is 0.231. The van der Waals surface area contributed by atoms with Gasteiger partial charge < -0.3 is 10.5 Å². The SMILES string of the molecule is CC/C(=C(\C(C)=N)C(=O)O)c1ccc(N=O)cc1. The fourth-order valence-corrected chi connectivity index (χ4v) is 1.76. The summed E-state index contributed by atoms with van der Waals surface area (Å²) >= 11 is 0. The molecule has 0 fully saturated rings. The average molecular weight is 246 g/mol. The largest absolute Gasteiger partial charge is 0.478 e. The molecule has 94 valence electrons. The van der Waals surface area contributed by atoms with Crippen LogP contribution >= 0.6 is 0 Å². The van der Waals surface area contributed by atoms with Crippen molar-refractivity contribution in [1.29, 1.82) is 5.41 Å². The second kappa shape index (κ2) is 5.86. The summed E-state index contributed by atoms with van der Waals surface area (Å²) in [6, 6.07) is 6.33. The maximum absolute atomic E-state index is 11.2. The zero-order chi connectivity index (χ0) is 13.7. The summed E-state index contributed by atoms with van der Waals surface area (Å²) in [4.78, 5) is 21.5. The van der Waals surface area contributed by atoms with E-state index >= 15 is 0 Å². The van der Waals surface area contributed by atoms with E-state index in [0.717, 1.165) is 0 Å². The number of nitroso groups, excluding NO2 is 1. The maximum Gasteiger partial charge on any atom is 0.337 e. The first-order chi connectivity index (χ1) is 8.51. The minimum absolute atomic E-state index is 0.00399. The molecular formula is C13H14N2O3. The van der Waals surface area contributed by atoms with Crippen LogP contribution in [0.1, 0.15) is 25.8 Å². The van der Waals surface area contributed by atoms with Crippen molar-refractivity contribution in [3.05, 3.63) is 40.3 Å². The Kier molecular flexibility index (Phi) is 4.48. The summed E-state index contributed by atoms with van der Waals surface area (Å²) < 4.78 is 0. The molecule has 0 radical (unpaired) electrons. The van der Waals surface area contributed by atoms with Crippen molar-refractivity contribution < 1.29 is 9.90 Å². The van der Waals surface area contributed by atoms with Gasteiger partial charge in [0.15, 0.2) is 0 Å². The summed E-state index contributed by atoms with van der Waals surface area (Å²) in [6.07, 6.45) is 0.492. The highest BCUT2D eigenvalue weighted by Gasteiger charge is 2.16. The number of hydrogen-bond donors (Lipinski definition) is 2. The monoisotopic (exact) mass is 246 g/mol. The number of carboxylic acid groups (broad SMARTS) is 1. The number of benzene rings is 1. The zero-order valence-electron chi connectivity index (χ0n) is 10.2. The molecule has 0 aliphatic rings. The molecule has 0 aromatic heterocycles. The smallest absolute Gasteiger partial charge is 0.337 e. The quantitative estimate of drug-likeness (QED) is 0.474. The van der Waals surface area contributed by atoms with E-state index in [-0.39, 0.29) is 17.0 Å². The highest BCUT2D eigenvalue weighted by Crippen LogP contribution is 2.25. The molecule has 0 aliphatic carbocycles. The number of allylic oxidation sites excluding steroid dienone is 1. The summed E-state index contributed by atoms with van der Waals surface area (Å²) in [7, 11) is 0. The van der Waals surface area contributed by atoms with E-state index in [0.29, 0.717) is 17.6 Å². The van der Waals surface area contributed by atoms with Gasteiger partial charge in [-0.15, -0.1) is 4.91 Å². The van der Waals surface area contributed by atoms with Crippen molar-refractivity contribution in [2.24, 2.45) is 5.18 Å². The van der Waals surface area contributed by atoms with Crippen LogP contribution in [0.5, 0.6) is 0 Å². The van der Waals surface area contributed by atoms with Crippen LogP contribution in [0.25, 0.3) is 5.57 Å². The lowest BCUT2D eigenvalue weighted by Crippen LogP contribution is -2.11. The average Bonchev–Trinajstić information content (AvgIpc) is 2.35. The number of nitrogens with zero attached hydrogens (tertiary/aromatic N) is 1. The third-order valence-corrected chi connectivity index (χ3v) is 2.57. The van der Waals surface area contributed by atoms with E-state index in [1.807, 2.05) is 6.92 Å². The molecule has 1 aromatic rings. The van der Waals surface area contributed by atoms with Gasteiger partial charge in [-0.05, 0) is 41.8 Å². The fourth-order valence-electron chi connectivity index (χ4n) is 1.76. The molecule has 2 N–H and O–H groups in total. The minimum atomic E-state index is -1.11. The van der Waals surface area contributed by atoms with Crippen LogP contribution in [-0.4, -0.2) is 16.8 Å². The summed E-state index contributed by atoms with van der Waals surface area (Å²) in [5, 5.41) is 19.5. The molecule has 1 rings (SSSR count). The van der Waals surface area contributed by atoms with Crippen LogP contribution in [0.15, 0.2) is 35.0 Å². The molecule has 1 aromatic carbocycles.